The van der Waals surface area contributed by atoms with E-state index < -0.39 is 18.6 Å². The Morgan fingerprint density at radius 1 is 1.44 bits per heavy atom. The zero-order valence-electron chi connectivity index (χ0n) is 4.66. The number of alkyl halides is 3. The third-order valence-corrected chi connectivity index (χ3v) is 0.345. The molecule has 6 heteroatoms. The molecule has 0 heterocycles. The van der Waals surface area contributed by atoms with Crippen LogP contribution in [0.4, 0.5) is 13.2 Å². The molecule has 0 fully saturated rings. The number of carbonyl (C=O) groups is 1. The Labute approximate surface area is 49.1 Å². The smallest absolute Gasteiger partial charge is 0.394 e. The number of halogens is 3. The quantitative estimate of drug-likeness (QED) is 0.566. The summed E-state index contributed by atoms with van der Waals surface area (Å²) in [6, 6.07) is 0. The van der Waals surface area contributed by atoms with Crippen LogP contribution in [0.15, 0.2) is 0 Å². The van der Waals surface area contributed by atoms with Crippen molar-refractivity contribution in [3.05, 3.63) is 0 Å². The Morgan fingerprint density at radius 3 is 1.78 bits per heavy atom. The molecule has 0 spiro atoms. The number of rotatable bonds is 1. The minimum absolute atomic E-state index is 0. The molecule has 0 aromatic heterocycles. The Bertz CT molecular complexity index is 99.7. The standard InChI is InChI=1S/C3H3F3O2.H3N/c4-3(5,6)1-2(7)8;/h1H2,(H,7,8);1H3. The van der Waals surface area contributed by atoms with E-state index in [2.05, 4.69) is 0 Å². The Kier molecular flexibility index (Phi) is 4.04. The minimum Gasteiger partial charge on any atom is -0.550 e. The third kappa shape index (κ3) is 11.0. The van der Waals surface area contributed by atoms with Gasteiger partial charge >= 0.3 is 6.18 Å². The highest BCUT2D eigenvalue weighted by molar-refractivity contribution is 5.64. The molecule has 0 atom stereocenters. The van der Waals surface area contributed by atoms with Crippen LogP contribution in [0.2, 0.25) is 0 Å². The lowest BCUT2D eigenvalue weighted by Gasteiger charge is -2.04. The van der Waals surface area contributed by atoms with Crippen molar-refractivity contribution in [1.29, 1.82) is 0 Å². The van der Waals surface area contributed by atoms with Crippen LogP contribution in [-0.4, -0.2) is 12.1 Å². The summed E-state index contributed by atoms with van der Waals surface area (Å²) in [7, 11) is 0. The van der Waals surface area contributed by atoms with Crippen molar-refractivity contribution in [3.63, 3.8) is 0 Å². The zero-order valence-corrected chi connectivity index (χ0v) is 4.66. The number of carboxylic acids is 1. The van der Waals surface area contributed by atoms with Crippen molar-refractivity contribution in [2.75, 3.05) is 0 Å². The zero-order chi connectivity index (χ0) is 6.78. The first-order valence-electron chi connectivity index (χ1n) is 1.68. The van der Waals surface area contributed by atoms with Gasteiger partial charge in [-0.3, -0.25) is 0 Å². The topological polar surface area (TPSA) is 76.6 Å². The van der Waals surface area contributed by atoms with Gasteiger partial charge in [0.05, 0.1) is 12.4 Å². The van der Waals surface area contributed by atoms with Gasteiger partial charge in [-0.05, 0) is 0 Å². The lowest BCUT2D eigenvalue weighted by atomic mass is 10.4. The first-order valence-corrected chi connectivity index (χ1v) is 1.68. The van der Waals surface area contributed by atoms with Crippen molar-refractivity contribution in [1.82, 2.24) is 6.15 Å². The fraction of sp³-hybridized carbons (Fsp3) is 0.667. The van der Waals surface area contributed by atoms with E-state index in [1.54, 1.807) is 0 Å². The number of hydrogen-bond donors (Lipinski definition) is 1. The summed E-state index contributed by atoms with van der Waals surface area (Å²) in [5.74, 6) is -2.10. The van der Waals surface area contributed by atoms with E-state index in [-0.39, 0.29) is 6.15 Å². The Balaban J connectivity index is 0. The highest BCUT2D eigenvalue weighted by atomic mass is 19.4. The average Bonchev–Trinajstić information content (AvgIpc) is 1.21. The number of aliphatic carboxylic acids is 1. The first-order chi connectivity index (χ1) is 3.42. The largest absolute Gasteiger partial charge is 0.550 e. The van der Waals surface area contributed by atoms with Crippen LogP contribution >= 0.6 is 0 Å². The molecule has 0 bridgehead atoms. The molecular formula is C3H6F3NO2. The van der Waals surface area contributed by atoms with E-state index in [1.807, 2.05) is 0 Å². The third-order valence-electron chi connectivity index (χ3n) is 0.345. The molecule has 0 aliphatic rings. The Hall–Kier alpha value is -0.780. The number of carbonyl (C=O) groups excluding carboxylic acids is 1. The molecule has 4 N–H and O–H groups in total. The van der Waals surface area contributed by atoms with E-state index >= 15 is 0 Å². The van der Waals surface area contributed by atoms with Crippen molar-refractivity contribution in [2.45, 2.75) is 12.6 Å². The summed E-state index contributed by atoms with van der Waals surface area (Å²) in [6.45, 7) is 0. The summed E-state index contributed by atoms with van der Waals surface area (Å²) in [4.78, 5) is 9.18. The molecule has 0 aromatic carbocycles. The van der Waals surface area contributed by atoms with Crippen LogP contribution < -0.4 is 11.3 Å². The maximum atomic E-state index is 10.9. The van der Waals surface area contributed by atoms with Crippen molar-refractivity contribution >= 4 is 5.97 Å². The van der Waals surface area contributed by atoms with Crippen LogP contribution in [0.1, 0.15) is 6.42 Å². The lowest BCUT2D eigenvalue weighted by molar-refractivity contribution is -0.314. The summed E-state index contributed by atoms with van der Waals surface area (Å²) in [5.41, 5.74) is 0. The van der Waals surface area contributed by atoms with Crippen LogP contribution in [-0.2, 0) is 4.79 Å². The summed E-state index contributed by atoms with van der Waals surface area (Å²) < 4.78 is 32.7. The molecule has 0 saturated heterocycles. The highest BCUT2D eigenvalue weighted by Crippen LogP contribution is 2.17. The molecule has 0 aliphatic heterocycles. The van der Waals surface area contributed by atoms with Crippen molar-refractivity contribution in [3.8, 4) is 0 Å². The fourth-order valence-corrected chi connectivity index (χ4v) is 0.164. The molecule has 56 valence electrons. The van der Waals surface area contributed by atoms with Crippen LogP contribution in [0.5, 0.6) is 0 Å². The van der Waals surface area contributed by atoms with E-state index in [9.17, 15) is 23.1 Å². The maximum absolute atomic E-state index is 10.9. The SMILES string of the molecule is O=C([O-])CC(F)(F)F.[NH4+]. The highest BCUT2D eigenvalue weighted by Gasteiger charge is 2.26. The van der Waals surface area contributed by atoms with Gasteiger partial charge in [0.15, 0.2) is 0 Å². The first kappa shape index (κ1) is 11.1. The van der Waals surface area contributed by atoms with Crippen molar-refractivity contribution in [2.24, 2.45) is 0 Å². The van der Waals surface area contributed by atoms with Gasteiger partial charge in [0.2, 0.25) is 0 Å². The van der Waals surface area contributed by atoms with Gasteiger partial charge in [0.25, 0.3) is 0 Å². The molecule has 0 saturated carbocycles. The van der Waals surface area contributed by atoms with E-state index in [0.717, 1.165) is 0 Å². The van der Waals surface area contributed by atoms with E-state index in [0.29, 0.717) is 0 Å². The van der Waals surface area contributed by atoms with E-state index in [4.69, 9.17) is 0 Å². The number of hydrogen-bond acceptors (Lipinski definition) is 2. The number of quaternary nitrogens is 1. The van der Waals surface area contributed by atoms with Crippen LogP contribution in [0, 0.1) is 0 Å². The van der Waals surface area contributed by atoms with Gasteiger partial charge in [-0.15, -0.1) is 0 Å². The minimum atomic E-state index is -4.64. The second-order valence-corrected chi connectivity index (χ2v) is 1.16. The predicted molar refractivity (Wildman–Crippen MR) is 21.7 cm³/mol. The number of carboxylic acid groups (broad SMARTS) is 1. The fourth-order valence-electron chi connectivity index (χ4n) is 0.164. The molecule has 0 amide bonds. The lowest BCUT2D eigenvalue weighted by Crippen LogP contribution is -2.28. The predicted octanol–water partition coefficient (Wildman–Crippen LogP) is 0.0649. The molecule has 9 heavy (non-hydrogen) atoms. The Morgan fingerprint density at radius 2 is 1.78 bits per heavy atom. The summed E-state index contributed by atoms with van der Waals surface area (Å²) in [6.07, 6.45) is -6.51. The second-order valence-electron chi connectivity index (χ2n) is 1.16. The van der Waals surface area contributed by atoms with Gasteiger partial charge in [-0.2, -0.15) is 13.2 Å². The molecule has 0 aromatic rings. The molecule has 0 unspecified atom stereocenters. The van der Waals surface area contributed by atoms with Gasteiger partial charge < -0.3 is 16.1 Å². The van der Waals surface area contributed by atoms with Crippen LogP contribution in [0.25, 0.3) is 0 Å². The maximum Gasteiger partial charge on any atom is 0.394 e. The molecular weight excluding hydrogens is 139 g/mol. The summed E-state index contributed by atoms with van der Waals surface area (Å²) in [5, 5.41) is 9.18. The average molecular weight is 145 g/mol. The normalized spacial score (nSPS) is 10.1. The van der Waals surface area contributed by atoms with Crippen LogP contribution in [0.3, 0.4) is 0 Å². The van der Waals surface area contributed by atoms with Crippen molar-refractivity contribution < 1.29 is 23.1 Å². The molecule has 3 nitrogen and oxygen atoms in total. The molecule has 0 rings (SSSR count). The molecule has 0 aliphatic carbocycles. The van der Waals surface area contributed by atoms with E-state index in [1.165, 1.54) is 0 Å². The van der Waals surface area contributed by atoms with Gasteiger partial charge in [-0.25, -0.2) is 0 Å². The monoisotopic (exact) mass is 145 g/mol. The van der Waals surface area contributed by atoms with Gasteiger partial charge in [0, 0.05) is 0 Å². The second kappa shape index (κ2) is 3.29. The van der Waals surface area contributed by atoms with Gasteiger partial charge in [-0.1, -0.05) is 0 Å². The summed E-state index contributed by atoms with van der Waals surface area (Å²) >= 11 is 0. The van der Waals surface area contributed by atoms with Gasteiger partial charge in [0.1, 0.15) is 0 Å². The molecule has 0 radical (unpaired) electrons.